The maximum absolute atomic E-state index is 12.2. The molecule has 25 heavy (non-hydrogen) atoms. The molecule has 0 atom stereocenters. The van der Waals surface area contributed by atoms with Crippen molar-refractivity contribution in [2.45, 2.75) is 20.4 Å². The Morgan fingerprint density at radius 2 is 1.56 bits per heavy atom. The van der Waals surface area contributed by atoms with Crippen molar-refractivity contribution in [3.63, 3.8) is 0 Å². The number of hydrogen-bond acceptors (Lipinski definition) is 4. The van der Waals surface area contributed by atoms with Gasteiger partial charge in [-0.1, -0.05) is 48.5 Å². The van der Waals surface area contributed by atoms with Crippen LogP contribution in [0.1, 0.15) is 27.0 Å². The molecule has 5 heteroatoms. The van der Waals surface area contributed by atoms with E-state index in [9.17, 15) is 4.79 Å². The van der Waals surface area contributed by atoms with Gasteiger partial charge < -0.3 is 10.6 Å². The van der Waals surface area contributed by atoms with Gasteiger partial charge in [0.1, 0.15) is 0 Å². The summed E-state index contributed by atoms with van der Waals surface area (Å²) in [6.45, 7) is 4.53. The van der Waals surface area contributed by atoms with Crippen LogP contribution in [0, 0.1) is 13.8 Å². The molecular weight excluding hydrogens is 312 g/mol. The summed E-state index contributed by atoms with van der Waals surface area (Å²) in [5, 5.41) is 6.07. The van der Waals surface area contributed by atoms with Crippen LogP contribution < -0.4 is 10.6 Å². The van der Waals surface area contributed by atoms with Gasteiger partial charge in [0.15, 0.2) is 0 Å². The normalized spacial score (nSPS) is 10.3. The summed E-state index contributed by atoms with van der Waals surface area (Å²) in [5.74, 6) is 0.277. The molecule has 3 rings (SSSR count). The van der Waals surface area contributed by atoms with E-state index in [1.54, 1.807) is 0 Å². The average molecular weight is 332 g/mol. The van der Waals surface area contributed by atoms with E-state index in [2.05, 4.69) is 20.6 Å². The summed E-state index contributed by atoms with van der Waals surface area (Å²) >= 11 is 0. The van der Waals surface area contributed by atoms with Crippen LogP contribution >= 0.6 is 0 Å². The molecule has 0 bridgehead atoms. The van der Waals surface area contributed by atoms with Crippen LogP contribution in [0.15, 0.2) is 60.9 Å². The van der Waals surface area contributed by atoms with Crippen molar-refractivity contribution in [1.82, 2.24) is 15.3 Å². The first-order valence-electron chi connectivity index (χ1n) is 8.11. The monoisotopic (exact) mass is 332 g/mol. The largest absolute Gasteiger partial charge is 0.348 e. The molecule has 126 valence electrons. The fourth-order valence-electron chi connectivity index (χ4n) is 2.51. The van der Waals surface area contributed by atoms with E-state index < -0.39 is 0 Å². The maximum atomic E-state index is 12.2. The van der Waals surface area contributed by atoms with Gasteiger partial charge in [0.05, 0.1) is 5.56 Å². The van der Waals surface area contributed by atoms with E-state index in [4.69, 9.17) is 0 Å². The lowest BCUT2D eigenvalue weighted by Crippen LogP contribution is -2.23. The van der Waals surface area contributed by atoms with E-state index in [1.807, 2.05) is 62.4 Å². The molecule has 0 unspecified atom stereocenters. The molecule has 0 aliphatic rings. The molecule has 1 aromatic heterocycles. The Morgan fingerprint density at radius 3 is 2.20 bits per heavy atom. The molecule has 1 amide bonds. The van der Waals surface area contributed by atoms with E-state index in [0.717, 1.165) is 22.4 Å². The van der Waals surface area contributed by atoms with Gasteiger partial charge in [0, 0.05) is 24.6 Å². The average Bonchev–Trinajstić information content (AvgIpc) is 2.64. The molecule has 0 spiro atoms. The lowest BCUT2D eigenvalue weighted by molar-refractivity contribution is 0.0950. The minimum atomic E-state index is -0.192. The predicted octanol–water partition coefficient (Wildman–Crippen LogP) is 3.77. The third-order valence-electron chi connectivity index (χ3n) is 3.93. The highest BCUT2D eigenvalue weighted by Gasteiger charge is 2.08. The third-order valence-corrected chi connectivity index (χ3v) is 3.93. The van der Waals surface area contributed by atoms with Crippen molar-refractivity contribution in [2.75, 3.05) is 5.32 Å². The Kier molecular flexibility index (Phi) is 5.04. The van der Waals surface area contributed by atoms with Gasteiger partial charge in [-0.25, -0.2) is 9.97 Å². The van der Waals surface area contributed by atoms with Crippen LogP contribution in [0.3, 0.4) is 0 Å². The highest BCUT2D eigenvalue weighted by molar-refractivity contribution is 5.93. The summed E-state index contributed by atoms with van der Waals surface area (Å²) in [6, 6.07) is 15.8. The number of rotatable bonds is 5. The topological polar surface area (TPSA) is 66.9 Å². The second kappa shape index (κ2) is 7.57. The number of nitrogens with zero attached hydrogens (tertiary/aromatic N) is 2. The van der Waals surface area contributed by atoms with Crippen LogP contribution in [0.25, 0.3) is 0 Å². The number of benzene rings is 2. The van der Waals surface area contributed by atoms with Crippen LogP contribution in [0.5, 0.6) is 0 Å². The number of carbonyl (C=O) groups is 1. The van der Waals surface area contributed by atoms with Gasteiger partial charge in [0.25, 0.3) is 5.91 Å². The number of para-hydroxylation sites is 1. The molecular formula is C20H20N4O. The first kappa shape index (κ1) is 16.6. The van der Waals surface area contributed by atoms with Gasteiger partial charge in [-0.2, -0.15) is 0 Å². The van der Waals surface area contributed by atoms with Gasteiger partial charge in [0.2, 0.25) is 5.95 Å². The van der Waals surface area contributed by atoms with Crippen molar-refractivity contribution < 1.29 is 4.79 Å². The number of hydrogen-bond donors (Lipinski definition) is 2. The lowest BCUT2D eigenvalue weighted by atomic mass is 10.1. The van der Waals surface area contributed by atoms with Crippen molar-refractivity contribution in [3.8, 4) is 0 Å². The molecule has 5 nitrogen and oxygen atoms in total. The number of anilines is 2. The summed E-state index contributed by atoms with van der Waals surface area (Å²) in [7, 11) is 0. The smallest absolute Gasteiger partial charge is 0.254 e. The third kappa shape index (κ3) is 4.20. The van der Waals surface area contributed by atoms with Crippen molar-refractivity contribution in [1.29, 1.82) is 0 Å². The number of nitrogens with one attached hydrogen (secondary N) is 2. The fraction of sp³-hybridized carbons (Fsp3) is 0.150. The number of aromatic nitrogens is 2. The van der Waals surface area contributed by atoms with Gasteiger partial charge >= 0.3 is 0 Å². The van der Waals surface area contributed by atoms with Crippen LogP contribution in [-0.2, 0) is 6.54 Å². The minimum Gasteiger partial charge on any atom is -0.348 e. The number of carbonyl (C=O) groups excluding carboxylic acids is 1. The second-order valence-electron chi connectivity index (χ2n) is 5.86. The summed E-state index contributed by atoms with van der Waals surface area (Å²) in [5.41, 5.74) is 4.71. The Balaban J connectivity index is 1.64. The Hall–Kier alpha value is -3.21. The van der Waals surface area contributed by atoms with Gasteiger partial charge in [-0.05, 0) is 30.5 Å². The molecule has 2 N–H and O–H groups in total. The highest BCUT2D eigenvalue weighted by atomic mass is 16.1. The number of aryl methyl sites for hydroxylation is 2. The Morgan fingerprint density at radius 1 is 0.920 bits per heavy atom. The van der Waals surface area contributed by atoms with E-state index in [1.165, 1.54) is 12.4 Å². The molecule has 2 aromatic carbocycles. The van der Waals surface area contributed by atoms with Crippen LogP contribution in [0.2, 0.25) is 0 Å². The van der Waals surface area contributed by atoms with E-state index in [-0.39, 0.29) is 5.91 Å². The zero-order chi connectivity index (χ0) is 17.6. The van der Waals surface area contributed by atoms with Crippen LogP contribution in [-0.4, -0.2) is 15.9 Å². The van der Waals surface area contributed by atoms with Crippen LogP contribution in [0.4, 0.5) is 11.6 Å². The Labute approximate surface area is 147 Å². The molecule has 0 fully saturated rings. The van der Waals surface area contributed by atoms with E-state index >= 15 is 0 Å². The van der Waals surface area contributed by atoms with Crippen molar-refractivity contribution in [2.24, 2.45) is 0 Å². The standard InChI is InChI=1S/C20H20N4O/c1-14-7-6-8-15(2)18(14)24-20-22-12-17(13-23-20)19(25)21-11-16-9-4-3-5-10-16/h3-10,12-13H,11H2,1-2H3,(H,21,25)(H,22,23,24). The molecule has 3 aromatic rings. The predicted molar refractivity (Wildman–Crippen MR) is 98.8 cm³/mol. The molecule has 0 aliphatic carbocycles. The molecule has 0 radical (unpaired) electrons. The summed E-state index contributed by atoms with van der Waals surface area (Å²) in [4.78, 5) is 20.7. The molecule has 0 saturated carbocycles. The molecule has 0 saturated heterocycles. The fourth-order valence-corrected chi connectivity index (χ4v) is 2.51. The van der Waals surface area contributed by atoms with Gasteiger partial charge in [-0.3, -0.25) is 4.79 Å². The minimum absolute atomic E-state index is 0.192. The molecule has 0 aliphatic heterocycles. The first-order chi connectivity index (χ1) is 12.1. The first-order valence-corrected chi connectivity index (χ1v) is 8.11. The zero-order valence-electron chi connectivity index (χ0n) is 14.3. The second-order valence-corrected chi connectivity index (χ2v) is 5.86. The zero-order valence-corrected chi connectivity index (χ0v) is 14.3. The summed E-state index contributed by atoms with van der Waals surface area (Å²) in [6.07, 6.45) is 3.06. The molecule has 1 heterocycles. The maximum Gasteiger partial charge on any atom is 0.254 e. The van der Waals surface area contributed by atoms with Gasteiger partial charge in [-0.15, -0.1) is 0 Å². The van der Waals surface area contributed by atoms with Crippen molar-refractivity contribution in [3.05, 3.63) is 83.2 Å². The Bertz CT molecular complexity index is 840. The SMILES string of the molecule is Cc1cccc(C)c1Nc1ncc(C(=O)NCc2ccccc2)cn1. The highest BCUT2D eigenvalue weighted by Crippen LogP contribution is 2.22. The quantitative estimate of drug-likeness (QED) is 0.746. The van der Waals surface area contributed by atoms with E-state index in [0.29, 0.717) is 18.1 Å². The lowest BCUT2D eigenvalue weighted by Gasteiger charge is -2.11. The number of amides is 1. The summed E-state index contributed by atoms with van der Waals surface area (Å²) < 4.78 is 0. The van der Waals surface area contributed by atoms with Crippen molar-refractivity contribution >= 4 is 17.5 Å².